The van der Waals surface area contributed by atoms with E-state index < -0.39 is 29.8 Å². The van der Waals surface area contributed by atoms with Crippen molar-refractivity contribution in [1.82, 2.24) is 9.62 Å². The van der Waals surface area contributed by atoms with Gasteiger partial charge in [-0.05, 0) is 0 Å². The Kier molecular flexibility index (Phi) is 6.05. The topological polar surface area (TPSA) is 49.4 Å². The molecule has 0 bridgehead atoms. The van der Waals surface area contributed by atoms with Gasteiger partial charge in [-0.2, -0.15) is 0 Å². The molecule has 0 amide bonds. The minimum atomic E-state index is -3.36. The summed E-state index contributed by atoms with van der Waals surface area (Å²) in [5, 5.41) is 0. The van der Waals surface area contributed by atoms with Gasteiger partial charge in [0.15, 0.2) is 0 Å². The monoisotopic (exact) mass is 424 g/mol. The number of nitrogens with one attached hydrogen (secondary N) is 1. The standard InChI is InChI=1S/C15H25IN2O2S/c1-16(2)13-6-8-15(9-7-13)21(19,20)17-11-10-14-5-4-12-18(14)3/h6-9,14,17H,4-5,10-12H2,1-3H3. The Balaban J connectivity index is 1.92. The second-order valence-electron chi connectivity index (χ2n) is 5.67. The van der Waals surface area contributed by atoms with Gasteiger partial charge in [0.1, 0.15) is 0 Å². The average Bonchev–Trinajstić information content (AvgIpc) is 2.84. The van der Waals surface area contributed by atoms with E-state index >= 15 is 0 Å². The fourth-order valence-corrected chi connectivity index (χ4v) is 5.50. The predicted octanol–water partition coefficient (Wildman–Crippen LogP) is 2.38. The number of rotatable bonds is 6. The second kappa shape index (κ2) is 7.39. The molecule has 0 aliphatic carbocycles. The molecular formula is C15H25IN2O2S. The van der Waals surface area contributed by atoms with Gasteiger partial charge in [0.25, 0.3) is 0 Å². The van der Waals surface area contributed by atoms with Gasteiger partial charge in [0.05, 0.1) is 0 Å². The number of hydrogen-bond donors (Lipinski definition) is 1. The van der Waals surface area contributed by atoms with E-state index in [0.717, 1.165) is 13.0 Å². The minimum absolute atomic E-state index is 0.378. The molecule has 1 saturated heterocycles. The third kappa shape index (κ3) is 4.64. The molecule has 1 N–H and O–H groups in total. The zero-order valence-corrected chi connectivity index (χ0v) is 15.9. The van der Waals surface area contributed by atoms with E-state index in [9.17, 15) is 8.42 Å². The van der Waals surface area contributed by atoms with Gasteiger partial charge in [0.2, 0.25) is 0 Å². The summed E-state index contributed by atoms with van der Waals surface area (Å²) < 4.78 is 28.6. The third-order valence-electron chi connectivity index (χ3n) is 4.00. The van der Waals surface area contributed by atoms with Gasteiger partial charge in [0, 0.05) is 0 Å². The van der Waals surface area contributed by atoms with Gasteiger partial charge in [-0.1, -0.05) is 0 Å². The first kappa shape index (κ1) is 17.2. The molecule has 21 heavy (non-hydrogen) atoms. The van der Waals surface area contributed by atoms with E-state index in [4.69, 9.17) is 0 Å². The number of benzene rings is 1. The van der Waals surface area contributed by atoms with Crippen LogP contribution >= 0.6 is 19.8 Å². The Bertz CT molecular complexity index is 558. The van der Waals surface area contributed by atoms with Crippen LogP contribution in [0.3, 0.4) is 0 Å². The van der Waals surface area contributed by atoms with Gasteiger partial charge < -0.3 is 0 Å². The van der Waals surface area contributed by atoms with E-state index in [1.54, 1.807) is 12.1 Å². The number of sulfonamides is 1. The van der Waals surface area contributed by atoms with Crippen molar-refractivity contribution in [3.05, 3.63) is 27.8 Å². The Morgan fingerprint density at radius 1 is 1.29 bits per heavy atom. The van der Waals surface area contributed by atoms with Crippen molar-refractivity contribution in [3.8, 4) is 0 Å². The fraction of sp³-hybridized carbons (Fsp3) is 0.600. The zero-order valence-electron chi connectivity index (χ0n) is 13.0. The molecule has 0 radical (unpaired) electrons. The Morgan fingerprint density at radius 3 is 2.48 bits per heavy atom. The summed E-state index contributed by atoms with van der Waals surface area (Å²) >= 11 is -1.03. The van der Waals surface area contributed by atoms with Crippen LogP contribution < -0.4 is 4.72 Å². The van der Waals surface area contributed by atoms with Crippen LogP contribution in [0.2, 0.25) is 0 Å². The number of likely N-dealkylation sites (tertiary alicyclic amines) is 1. The van der Waals surface area contributed by atoms with Crippen molar-refractivity contribution in [2.24, 2.45) is 0 Å². The molecule has 4 nitrogen and oxygen atoms in total. The van der Waals surface area contributed by atoms with E-state index in [2.05, 4.69) is 26.5 Å². The normalized spacial score (nSPS) is 20.7. The molecule has 1 atom stereocenters. The summed E-state index contributed by atoms with van der Waals surface area (Å²) in [6.45, 7) is 1.64. The first-order chi connectivity index (χ1) is 9.90. The molecule has 6 heteroatoms. The predicted molar refractivity (Wildman–Crippen MR) is 96.5 cm³/mol. The van der Waals surface area contributed by atoms with Crippen LogP contribution in [0.15, 0.2) is 29.2 Å². The van der Waals surface area contributed by atoms with Crippen molar-refractivity contribution >= 4 is 29.8 Å². The number of nitrogens with zero attached hydrogens (tertiary/aromatic N) is 1. The molecule has 1 heterocycles. The Hall–Kier alpha value is -0.180. The van der Waals surface area contributed by atoms with Crippen LogP contribution in [-0.2, 0) is 10.0 Å². The second-order valence-corrected chi connectivity index (χ2v) is 13.0. The molecule has 120 valence electrons. The van der Waals surface area contributed by atoms with E-state index in [0.29, 0.717) is 17.5 Å². The van der Waals surface area contributed by atoms with E-state index in [1.165, 1.54) is 16.4 Å². The van der Waals surface area contributed by atoms with Gasteiger partial charge >= 0.3 is 136 Å². The van der Waals surface area contributed by atoms with Crippen LogP contribution in [0.25, 0.3) is 0 Å². The molecule has 1 unspecified atom stereocenters. The van der Waals surface area contributed by atoms with Crippen molar-refractivity contribution in [1.29, 1.82) is 0 Å². The SMILES string of the molecule is CN1CCCC1CCNS(=O)(=O)c1ccc(I(C)C)cc1. The van der Waals surface area contributed by atoms with Gasteiger partial charge in [-0.15, -0.1) is 0 Å². The first-order valence-corrected chi connectivity index (χ1v) is 14.1. The summed E-state index contributed by atoms with van der Waals surface area (Å²) in [7, 11) is -1.25. The third-order valence-corrected chi connectivity index (χ3v) is 8.69. The summed E-state index contributed by atoms with van der Waals surface area (Å²) in [6.07, 6.45) is 3.27. The maximum atomic E-state index is 12.3. The van der Waals surface area contributed by atoms with Gasteiger partial charge in [-0.25, -0.2) is 0 Å². The molecule has 1 aliphatic rings. The molecule has 1 aromatic rings. The maximum absolute atomic E-state index is 12.3. The van der Waals surface area contributed by atoms with Crippen molar-refractivity contribution in [2.45, 2.75) is 30.2 Å². The first-order valence-electron chi connectivity index (χ1n) is 7.20. The van der Waals surface area contributed by atoms with Crippen LogP contribution in [0.5, 0.6) is 0 Å². The zero-order chi connectivity index (χ0) is 15.5. The van der Waals surface area contributed by atoms with Crippen molar-refractivity contribution in [2.75, 3.05) is 30.0 Å². The Morgan fingerprint density at radius 2 is 1.95 bits per heavy atom. The van der Waals surface area contributed by atoms with E-state index in [-0.39, 0.29) is 0 Å². The number of hydrogen-bond acceptors (Lipinski definition) is 3. The van der Waals surface area contributed by atoms with Crippen LogP contribution in [-0.4, -0.2) is 49.4 Å². The van der Waals surface area contributed by atoms with Crippen molar-refractivity contribution < 1.29 is 8.42 Å². The Labute approximate surface area is 135 Å². The molecule has 0 saturated carbocycles. The molecular weight excluding hydrogens is 399 g/mol. The number of halogens is 1. The summed E-state index contributed by atoms with van der Waals surface area (Å²) in [6, 6.07) is 7.91. The molecule has 2 rings (SSSR count). The molecule has 1 aromatic carbocycles. The van der Waals surface area contributed by atoms with Crippen LogP contribution in [0, 0.1) is 3.57 Å². The molecule has 1 aliphatic heterocycles. The summed E-state index contributed by atoms with van der Waals surface area (Å²) in [4.78, 5) is 7.20. The number of alkyl halides is 2. The van der Waals surface area contributed by atoms with E-state index in [1.807, 2.05) is 12.1 Å². The summed E-state index contributed by atoms with van der Waals surface area (Å²) in [5.74, 6) is 0. The quantitative estimate of drug-likeness (QED) is 0.564. The molecule has 1 fully saturated rings. The molecule has 0 aromatic heterocycles. The van der Waals surface area contributed by atoms with Crippen LogP contribution in [0.4, 0.5) is 0 Å². The summed E-state index contributed by atoms with van der Waals surface area (Å²) in [5.41, 5.74) is 0. The van der Waals surface area contributed by atoms with Crippen LogP contribution in [0.1, 0.15) is 19.3 Å². The average molecular weight is 424 g/mol. The van der Waals surface area contributed by atoms with Gasteiger partial charge in [-0.3, -0.25) is 0 Å². The van der Waals surface area contributed by atoms with Crippen molar-refractivity contribution in [3.63, 3.8) is 0 Å². The fourth-order valence-electron chi connectivity index (χ4n) is 2.65. The molecule has 0 spiro atoms.